The van der Waals surface area contributed by atoms with Gasteiger partial charge < -0.3 is 5.11 Å². The molecule has 0 saturated carbocycles. The van der Waals surface area contributed by atoms with Crippen molar-refractivity contribution in [2.75, 3.05) is 11.6 Å². The van der Waals surface area contributed by atoms with Crippen LogP contribution in [0.15, 0.2) is 42.5 Å². The van der Waals surface area contributed by atoms with Crippen molar-refractivity contribution in [3.05, 3.63) is 48.0 Å². The Labute approximate surface area is 151 Å². The first kappa shape index (κ1) is 18.5. The van der Waals surface area contributed by atoms with Crippen molar-refractivity contribution < 1.29 is 9.90 Å². The van der Waals surface area contributed by atoms with Crippen LogP contribution in [-0.2, 0) is 11.2 Å². The molecule has 0 aromatic heterocycles. The first-order valence-corrected chi connectivity index (χ1v) is 9.48. The molecule has 1 N–H and O–H groups in total. The van der Waals surface area contributed by atoms with E-state index >= 15 is 0 Å². The summed E-state index contributed by atoms with van der Waals surface area (Å²) in [6.45, 7) is 0. The second-order valence-electron chi connectivity index (χ2n) is 5.36. The molecule has 0 bridgehead atoms. The molecule has 2 unspecified atom stereocenters. The van der Waals surface area contributed by atoms with Gasteiger partial charge in [0.2, 0.25) is 5.91 Å². The van der Waals surface area contributed by atoms with Gasteiger partial charge in [-0.05, 0) is 18.4 Å². The highest BCUT2D eigenvalue weighted by atomic mass is 35.5. The highest BCUT2D eigenvalue weighted by Gasteiger charge is 2.34. The van der Waals surface area contributed by atoms with E-state index in [1.54, 1.807) is 17.1 Å². The summed E-state index contributed by atoms with van der Waals surface area (Å²) < 4.78 is 0.605. The molecular formula is C17H20ClNO2S2. The highest BCUT2D eigenvalue weighted by molar-refractivity contribution is 8.23. The van der Waals surface area contributed by atoms with E-state index in [4.69, 9.17) is 23.8 Å². The lowest BCUT2D eigenvalue weighted by atomic mass is 10.1. The summed E-state index contributed by atoms with van der Waals surface area (Å²) in [6, 6.07) is 10.1. The van der Waals surface area contributed by atoms with Gasteiger partial charge in [-0.15, -0.1) is 11.6 Å². The van der Waals surface area contributed by atoms with E-state index in [-0.39, 0.29) is 18.4 Å². The Morgan fingerprint density at radius 3 is 2.91 bits per heavy atom. The fourth-order valence-electron chi connectivity index (χ4n) is 2.46. The highest BCUT2D eigenvalue weighted by Crippen LogP contribution is 2.27. The van der Waals surface area contributed by atoms with Crippen molar-refractivity contribution in [1.29, 1.82) is 0 Å². The lowest BCUT2D eigenvalue weighted by Gasteiger charge is -2.24. The summed E-state index contributed by atoms with van der Waals surface area (Å²) in [7, 11) is 0. The van der Waals surface area contributed by atoms with Gasteiger partial charge in [-0.25, -0.2) is 0 Å². The zero-order valence-electron chi connectivity index (χ0n) is 12.7. The van der Waals surface area contributed by atoms with Crippen LogP contribution in [0, 0.1) is 0 Å². The average Bonchev–Trinajstić information content (AvgIpc) is 2.89. The topological polar surface area (TPSA) is 40.5 Å². The molecule has 0 spiro atoms. The number of halogens is 1. The second-order valence-corrected chi connectivity index (χ2v) is 7.39. The zero-order valence-corrected chi connectivity index (χ0v) is 15.1. The first-order chi connectivity index (χ1) is 11.1. The third kappa shape index (κ3) is 5.60. The molecule has 23 heavy (non-hydrogen) atoms. The van der Waals surface area contributed by atoms with Crippen LogP contribution in [0.1, 0.15) is 18.4 Å². The molecule has 2 rings (SSSR count). The van der Waals surface area contributed by atoms with E-state index in [0.717, 1.165) is 12.2 Å². The van der Waals surface area contributed by atoms with E-state index in [0.29, 0.717) is 16.6 Å². The minimum atomic E-state index is -0.795. The quantitative estimate of drug-likeness (QED) is 0.454. The molecule has 1 aromatic rings. The predicted octanol–water partition coefficient (Wildman–Crippen LogP) is 3.39. The normalized spacial score (nSPS) is 19.5. The van der Waals surface area contributed by atoms with Gasteiger partial charge in [0.05, 0.1) is 18.6 Å². The van der Waals surface area contributed by atoms with Gasteiger partial charge in [0, 0.05) is 11.6 Å². The monoisotopic (exact) mass is 369 g/mol. The number of aliphatic hydroxyl groups excluding tert-OH is 1. The Hall–Kier alpha value is -0.880. The lowest BCUT2D eigenvalue weighted by molar-refractivity contribution is -0.129. The van der Waals surface area contributed by atoms with E-state index in [1.165, 1.54) is 17.3 Å². The van der Waals surface area contributed by atoms with E-state index < -0.39 is 6.10 Å². The van der Waals surface area contributed by atoms with Crippen LogP contribution < -0.4 is 0 Å². The fourth-order valence-corrected chi connectivity index (χ4v) is 4.04. The lowest BCUT2D eigenvalue weighted by Crippen LogP contribution is -2.41. The molecule has 1 aromatic carbocycles. The third-order valence-electron chi connectivity index (χ3n) is 3.56. The summed E-state index contributed by atoms with van der Waals surface area (Å²) in [5.74, 6) is 1.19. The smallest absolute Gasteiger partial charge is 0.231 e. The molecule has 2 atom stereocenters. The molecule has 1 aliphatic heterocycles. The van der Waals surface area contributed by atoms with Gasteiger partial charge in [-0.2, -0.15) is 0 Å². The summed E-state index contributed by atoms with van der Waals surface area (Å²) in [5.41, 5.74) is 1.18. The van der Waals surface area contributed by atoms with Crippen LogP contribution in [0.3, 0.4) is 0 Å². The van der Waals surface area contributed by atoms with Gasteiger partial charge in [-0.1, -0.05) is 66.5 Å². The second kappa shape index (κ2) is 9.42. The van der Waals surface area contributed by atoms with Crippen LogP contribution in [-0.4, -0.2) is 44.0 Å². The van der Waals surface area contributed by atoms with Gasteiger partial charge in [0.25, 0.3) is 0 Å². The van der Waals surface area contributed by atoms with Gasteiger partial charge in [0.1, 0.15) is 4.32 Å². The van der Waals surface area contributed by atoms with Crippen molar-refractivity contribution in [3.8, 4) is 0 Å². The Balaban J connectivity index is 1.97. The molecule has 1 saturated heterocycles. The number of amides is 1. The van der Waals surface area contributed by atoms with E-state index in [1.807, 2.05) is 18.2 Å². The molecule has 0 aliphatic carbocycles. The summed E-state index contributed by atoms with van der Waals surface area (Å²) in [4.78, 5) is 14.2. The number of hydrogen-bond donors (Lipinski definition) is 1. The zero-order chi connectivity index (χ0) is 16.7. The van der Waals surface area contributed by atoms with Crippen molar-refractivity contribution in [1.82, 2.24) is 4.90 Å². The number of carbonyl (C=O) groups excluding carboxylic acids is 1. The number of rotatable bonds is 7. The van der Waals surface area contributed by atoms with E-state index in [9.17, 15) is 9.90 Å². The number of nitrogens with zero attached hydrogens (tertiary/aromatic N) is 1. The SMILES string of the molecule is O=C(CC(O)C=CCCCl)N1C(=S)SCC1Cc1ccccc1. The number of allylic oxidation sites excluding steroid dienone is 1. The van der Waals surface area contributed by atoms with Crippen LogP contribution in [0.25, 0.3) is 0 Å². The summed E-state index contributed by atoms with van der Waals surface area (Å²) >= 11 is 12.4. The maximum Gasteiger partial charge on any atom is 0.231 e. The van der Waals surface area contributed by atoms with Crippen molar-refractivity contribution >= 4 is 45.8 Å². The summed E-state index contributed by atoms with van der Waals surface area (Å²) in [6.07, 6.45) is 4.13. The maximum atomic E-state index is 12.5. The largest absolute Gasteiger partial charge is 0.389 e. The third-order valence-corrected chi connectivity index (χ3v) is 5.33. The van der Waals surface area contributed by atoms with Gasteiger partial charge >= 0.3 is 0 Å². The Morgan fingerprint density at radius 1 is 1.48 bits per heavy atom. The van der Waals surface area contributed by atoms with Crippen molar-refractivity contribution in [2.24, 2.45) is 0 Å². The summed E-state index contributed by atoms with van der Waals surface area (Å²) in [5, 5.41) is 9.94. The molecule has 0 radical (unpaired) electrons. The minimum Gasteiger partial charge on any atom is -0.389 e. The molecule has 1 heterocycles. The van der Waals surface area contributed by atoms with Crippen LogP contribution in [0.2, 0.25) is 0 Å². The number of benzene rings is 1. The van der Waals surface area contributed by atoms with Crippen molar-refractivity contribution in [2.45, 2.75) is 31.4 Å². The molecular weight excluding hydrogens is 350 g/mol. The van der Waals surface area contributed by atoms with Crippen LogP contribution in [0.4, 0.5) is 0 Å². The number of thioether (sulfide) groups is 1. The number of alkyl halides is 1. The van der Waals surface area contributed by atoms with E-state index in [2.05, 4.69) is 12.1 Å². The standard InChI is InChI=1S/C17H20ClNO2S2/c18-9-5-4-8-15(20)11-16(21)19-14(12-23-17(19)22)10-13-6-2-1-3-7-13/h1-4,6-8,14-15,20H,5,9-12H2. The van der Waals surface area contributed by atoms with Crippen LogP contribution >= 0.6 is 35.6 Å². The Bertz CT molecular complexity index is 565. The average molecular weight is 370 g/mol. The molecule has 1 amide bonds. The molecule has 3 nitrogen and oxygen atoms in total. The predicted molar refractivity (Wildman–Crippen MR) is 101 cm³/mol. The van der Waals surface area contributed by atoms with Crippen molar-refractivity contribution in [3.63, 3.8) is 0 Å². The number of thiocarbonyl (C=S) groups is 1. The molecule has 124 valence electrons. The van der Waals surface area contributed by atoms with Gasteiger partial charge in [-0.3, -0.25) is 9.69 Å². The number of hydrogen-bond acceptors (Lipinski definition) is 4. The first-order valence-electron chi connectivity index (χ1n) is 7.55. The van der Waals surface area contributed by atoms with Crippen LogP contribution in [0.5, 0.6) is 0 Å². The number of aliphatic hydroxyl groups is 1. The Kier molecular flexibility index (Phi) is 7.56. The fraction of sp³-hybridized carbons (Fsp3) is 0.412. The molecule has 6 heteroatoms. The number of carbonyl (C=O) groups is 1. The maximum absolute atomic E-state index is 12.5. The molecule has 1 aliphatic rings. The molecule has 1 fully saturated rings. The van der Waals surface area contributed by atoms with Gasteiger partial charge in [0.15, 0.2) is 0 Å². The Morgan fingerprint density at radius 2 is 2.22 bits per heavy atom. The minimum absolute atomic E-state index is 0.0464.